The van der Waals surface area contributed by atoms with Gasteiger partial charge in [-0.2, -0.15) is 0 Å². The highest BCUT2D eigenvalue weighted by Gasteiger charge is 2.19. The highest BCUT2D eigenvalue weighted by molar-refractivity contribution is 5.92. The molecule has 2 rings (SSSR count). The third kappa shape index (κ3) is 4.02. The minimum atomic E-state index is -0.336. The molecule has 0 radical (unpaired) electrons. The third-order valence-corrected chi connectivity index (χ3v) is 3.80. The molecule has 0 bridgehead atoms. The minimum absolute atomic E-state index is 0.0975. The number of halogens is 1. The second-order valence-corrected chi connectivity index (χ2v) is 5.40. The van der Waals surface area contributed by atoms with Gasteiger partial charge in [0.1, 0.15) is 5.82 Å². The minimum Gasteiger partial charge on any atom is -0.325 e. The van der Waals surface area contributed by atoms with Crippen molar-refractivity contribution in [3.63, 3.8) is 0 Å². The molecule has 1 aliphatic heterocycles. The molecular weight excluding hydrogens is 257 g/mol. The molecule has 1 saturated heterocycles. The number of carbonyl (C=O) groups excluding carboxylic acids is 1. The molecule has 1 amide bonds. The largest absolute Gasteiger partial charge is 0.325 e. The topological polar surface area (TPSA) is 44.4 Å². The van der Waals surface area contributed by atoms with Gasteiger partial charge in [0.05, 0.1) is 6.54 Å². The summed E-state index contributed by atoms with van der Waals surface area (Å²) >= 11 is 0. The lowest BCUT2D eigenvalue weighted by molar-refractivity contribution is -0.117. The van der Waals surface area contributed by atoms with E-state index in [0.29, 0.717) is 18.3 Å². The Balaban J connectivity index is 1.89. The van der Waals surface area contributed by atoms with Crippen molar-refractivity contribution in [2.24, 2.45) is 0 Å². The van der Waals surface area contributed by atoms with Crippen molar-refractivity contribution >= 4 is 11.6 Å². The van der Waals surface area contributed by atoms with Crippen LogP contribution in [0.5, 0.6) is 0 Å². The standard InChI is InChI=1S/C15H22FN3O/c1-11-3-4-12(16)9-14(11)18-15(20)10-19(2)13-5-7-17-8-6-13/h3-4,9,13,17H,5-8,10H2,1-2H3,(H,18,20). The number of hydrogen-bond acceptors (Lipinski definition) is 3. The summed E-state index contributed by atoms with van der Waals surface area (Å²) in [4.78, 5) is 14.1. The summed E-state index contributed by atoms with van der Waals surface area (Å²) in [6.45, 7) is 4.19. The molecule has 4 nitrogen and oxygen atoms in total. The van der Waals surface area contributed by atoms with Gasteiger partial charge >= 0.3 is 0 Å². The Hall–Kier alpha value is -1.46. The number of nitrogens with one attached hydrogen (secondary N) is 2. The van der Waals surface area contributed by atoms with E-state index in [2.05, 4.69) is 15.5 Å². The average molecular weight is 279 g/mol. The SMILES string of the molecule is Cc1ccc(F)cc1NC(=O)CN(C)C1CCNCC1. The van der Waals surface area contributed by atoms with Gasteiger partial charge in [-0.05, 0) is 57.6 Å². The first-order chi connectivity index (χ1) is 9.56. The summed E-state index contributed by atoms with van der Waals surface area (Å²) in [5.74, 6) is -0.433. The van der Waals surface area contributed by atoms with Crippen LogP contribution in [0.15, 0.2) is 18.2 Å². The molecule has 1 fully saturated rings. The van der Waals surface area contributed by atoms with E-state index in [4.69, 9.17) is 0 Å². The zero-order valence-corrected chi connectivity index (χ0v) is 12.1. The third-order valence-electron chi connectivity index (χ3n) is 3.80. The molecule has 0 aromatic heterocycles. The zero-order chi connectivity index (χ0) is 14.5. The Morgan fingerprint density at radius 3 is 2.85 bits per heavy atom. The first-order valence-electron chi connectivity index (χ1n) is 7.03. The highest BCUT2D eigenvalue weighted by Crippen LogP contribution is 2.16. The van der Waals surface area contributed by atoms with Gasteiger partial charge in [-0.25, -0.2) is 4.39 Å². The predicted octanol–water partition coefficient (Wildman–Crippen LogP) is 1.76. The van der Waals surface area contributed by atoms with Gasteiger partial charge in [-0.15, -0.1) is 0 Å². The van der Waals surface area contributed by atoms with Crippen LogP contribution in [0.3, 0.4) is 0 Å². The Bertz CT molecular complexity index is 472. The number of anilines is 1. The molecule has 2 N–H and O–H groups in total. The molecule has 5 heteroatoms. The Labute approximate surface area is 119 Å². The fourth-order valence-corrected chi connectivity index (χ4v) is 2.52. The number of aryl methyl sites for hydroxylation is 1. The van der Waals surface area contributed by atoms with Crippen LogP contribution < -0.4 is 10.6 Å². The summed E-state index contributed by atoms with van der Waals surface area (Å²) in [7, 11) is 1.97. The van der Waals surface area contributed by atoms with E-state index in [9.17, 15) is 9.18 Å². The van der Waals surface area contributed by atoms with Gasteiger partial charge in [0, 0.05) is 11.7 Å². The predicted molar refractivity (Wildman–Crippen MR) is 78.3 cm³/mol. The van der Waals surface area contributed by atoms with E-state index < -0.39 is 0 Å². The van der Waals surface area contributed by atoms with Gasteiger partial charge in [0.2, 0.25) is 5.91 Å². The molecule has 1 aromatic carbocycles. The van der Waals surface area contributed by atoms with Gasteiger partial charge < -0.3 is 10.6 Å². The van der Waals surface area contributed by atoms with Gasteiger partial charge in [-0.3, -0.25) is 9.69 Å². The van der Waals surface area contributed by atoms with Crippen molar-refractivity contribution in [2.45, 2.75) is 25.8 Å². The molecule has 0 atom stereocenters. The van der Waals surface area contributed by atoms with Crippen molar-refractivity contribution in [2.75, 3.05) is 32.0 Å². The van der Waals surface area contributed by atoms with E-state index in [1.807, 2.05) is 14.0 Å². The van der Waals surface area contributed by atoms with Crippen molar-refractivity contribution < 1.29 is 9.18 Å². The average Bonchev–Trinajstić information content (AvgIpc) is 2.43. The second-order valence-electron chi connectivity index (χ2n) is 5.40. The summed E-state index contributed by atoms with van der Waals surface area (Å²) < 4.78 is 13.2. The molecule has 1 heterocycles. The number of benzene rings is 1. The van der Waals surface area contributed by atoms with Crippen LogP contribution in [0.4, 0.5) is 10.1 Å². The number of nitrogens with zero attached hydrogens (tertiary/aromatic N) is 1. The second kappa shape index (κ2) is 6.81. The number of amides is 1. The lowest BCUT2D eigenvalue weighted by Crippen LogP contribution is -2.44. The number of carbonyl (C=O) groups is 1. The summed E-state index contributed by atoms with van der Waals surface area (Å²) in [6, 6.07) is 4.86. The summed E-state index contributed by atoms with van der Waals surface area (Å²) in [5.41, 5.74) is 1.41. The summed E-state index contributed by atoms with van der Waals surface area (Å²) in [6.07, 6.45) is 2.12. The van der Waals surface area contributed by atoms with Crippen molar-refractivity contribution in [1.29, 1.82) is 0 Å². The fourth-order valence-electron chi connectivity index (χ4n) is 2.52. The van der Waals surface area contributed by atoms with Crippen LogP contribution in [0, 0.1) is 12.7 Å². The molecule has 1 aliphatic rings. The van der Waals surface area contributed by atoms with Crippen LogP contribution >= 0.6 is 0 Å². The quantitative estimate of drug-likeness (QED) is 0.882. The molecule has 20 heavy (non-hydrogen) atoms. The summed E-state index contributed by atoms with van der Waals surface area (Å²) in [5, 5.41) is 6.09. The number of piperidine rings is 1. The monoisotopic (exact) mass is 279 g/mol. The molecule has 0 aliphatic carbocycles. The number of rotatable bonds is 4. The van der Waals surface area contributed by atoms with Gasteiger partial charge in [0.15, 0.2) is 0 Å². The smallest absolute Gasteiger partial charge is 0.238 e. The molecule has 0 spiro atoms. The first kappa shape index (κ1) is 14.9. The maximum absolute atomic E-state index is 13.2. The van der Waals surface area contributed by atoms with Crippen LogP contribution in [0.2, 0.25) is 0 Å². The van der Waals surface area contributed by atoms with Gasteiger partial charge in [-0.1, -0.05) is 6.07 Å². The van der Waals surface area contributed by atoms with E-state index in [1.165, 1.54) is 12.1 Å². The Morgan fingerprint density at radius 1 is 1.45 bits per heavy atom. The number of likely N-dealkylation sites (N-methyl/N-ethyl adjacent to an activating group) is 1. The zero-order valence-electron chi connectivity index (χ0n) is 12.1. The first-order valence-corrected chi connectivity index (χ1v) is 7.03. The van der Waals surface area contributed by atoms with Crippen LogP contribution in [-0.4, -0.2) is 43.5 Å². The molecular formula is C15H22FN3O. The van der Waals surface area contributed by atoms with Crippen LogP contribution in [0.1, 0.15) is 18.4 Å². The molecule has 110 valence electrons. The highest BCUT2D eigenvalue weighted by atomic mass is 19.1. The Kier molecular flexibility index (Phi) is 5.09. The van der Waals surface area contributed by atoms with E-state index in [-0.39, 0.29) is 11.7 Å². The molecule has 0 unspecified atom stereocenters. The lowest BCUT2D eigenvalue weighted by atomic mass is 10.1. The number of hydrogen-bond donors (Lipinski definition) is 2. The Morgan fingerprint density at radius 2 is 2.15 bits per heavy atom. The lowest BCUT2D eigenvalue weighted by Gasteiger charge is -2.31. The molecule has 0 saturated carbocycles. The maximum Gasteiger partial charge on any atom is 0.238 e. The van der Waals surface area contributed by atoms with Crippen LogP contribution in [-0.2, 0) is 4.79 Å². The van der Waals surface area contributed by atoms with Crippen molar-refractivity contribution in [3.05, 3.63) is 29.6 Å². The fraction of sp³-hybridized carbons (Fsp3) is 0.533. The van der Waals surface area contributed by atoms with Gasteiger partial charge in [0.25, 0.3) is 0 Å². The van der Waals surface area contributed by atoms with Crippen molar-refractivity contribution in [1.82, 2.24) is 10.2 Å². The van der Waals surface area contributed by atoms with Crippen molar-refractivity contribution in [3.8, 4) is 0 Å². The molecule has 1 aromatic rings. The van der Waals surface area contributed by atoms with E-state index >= 15 is 0 Å². The normalized spacial score (nSPS) is 16.4. The maximum atomic E-state index is 13.2. The van der Waals surface area contributed by atoms with E-state index in [1.54, 1.807) is 6.07 Å². The van der Waals surface area contributed by atoms with Crippen LogP contribution in [0.25, 0.3) is 0 Å². The van der Waals surface area contributed by atoms with E-state index in [0.717, 1.165) is 31.5 Å².